The number of fused-ring (bicyclic) bond motifs is 1. The molecule has 9 heteroatoms. The number of carbonyl (C=O) groups is 2. The van der Waals surface area contributed by atoms with Gasteiger partial charge in [-0.2, -0.15) is 0 Å². The Morgan fingerprint density at radius 1 is 1.32 bits per heavy atom. The molecule has 0 aliphatic carbocycles. The summed E-state index contributed by atoms with van der Waals surface area (Å²) in [6.07, 6.45) is 4.30. The Hall–Kier alpha value is -1.97. The van der Waals surface area contributed by atoms with E-state index in [9.17, 15) is 18.0 Å². The predicted octanol–water partition coefficient (Wildman–Crippen LogP) is 1.63. The third-order valence-corrected chi connectivity index (χ3v) is 7.12. The van der Waals surface area contributed by atoms with Crippen LogP contribution < -0.4 is 15.4 Å². The van der Waals surface area contributed by atoms with Crippen LogP contribution in [0.2, 0.25) is 0 Å². The van der Waals surface area contributed by atoms with Crippen molar-refractivity contribution in [2.45, 2.75) is 69.9 Å². The molecule has 1 fully saturated rings. The molecule has 8 nitrogen and oxygen atoms in total. The number of hydrogen-bond donors (Lipinski definition) is 2. The molecule has 1 aromatic rings. The Morgan fingerprint density at radius 3 is 2.74 bits per heavy atom. The molecule has 2 heterocycles. The molecule has 1 aromatic carbocycles. The van der Waals surface area contributed by atoms with Crippen molar-refractivity contribution in [3.05, 3.63) is 23.8 Å². The first-order valence-corrected chi connectivity index (χ1v) is 12.6. The highest BCUT2D eigenvalue weighted by atomic mass is 32.2. The van der Waals surface area contributed by atoms with Crippen molar-refractivity contribution in [1.82, 2.24) is 10.2 Å². The van der Waals surface area contributed by atoms with E-state index in [2.05, 4.69) is 17.1 Å². The number of benzene rings is 1. The Bertz CT molecular complexity index is 933. The maximum Gasteiger partial charge on any atom is 0.241 e. The highest BCUT2D eigenvalue weighted by Crippen LogP contribution is 2.34. The summed E-state index contributed by atoms with van der Waals surface area (Å²) in [6, 6.07) is 4.78. The fourth-order valence-corrected chi connectivity index (χ4v) is 5.28. The summed E-state index contributed by atoms with van der Waals surface area (Å²) in [5.41, 5.74) is 1.55. The number of rotatable bonds is 7. The Kier molecular flexibility index (Phi) is 7.39. The number of sulfonamides is 1. The van der Waals surface area contributed by atoms with Gasteiger partial charge in [-0.25, -0.2) is 13.6 Å². The van der Waals surface area contributed by atoms with E-state index in [0.717, 1.165) is 43.5 Å². The van der Waals surface area contributed by atoms with Crippen molar-refractivity contribution in [2.24, 2.45) is 11.1 Å². The van der Waals surface area contributed by atoms with E-state index in [1.54, 1.807) is 17.0 Å². The van der Waals surface area contributed by atoms with Gasteiger partial charge in [-0.1, -0.05) is 13.3 Å². The van der Waals surface area contributed by atoms with E-state index in [4.69, 9.17) is 5.14 Å². The number of anilines is 1. The number of nitrogens with two attached hydrogens (primary N) is 1. The van der Waals surface area contributed by atoms with Crippen LogP contribution in [0.15, 0.2) is 23.1 Å². The summed E-state index contributed by atoms with van der Waals surface area (Å²) < 4.78 is 23.3. The molecule has 0 spiro atoms. The predicted molar refractivity (Wildman–Crippen MR) is 120 cm³/mol. The fourth-order valence-electron chi connectivity index (χ4n) is 4.71. The molecule has 31 heavy (non-hydrogen) atoms. The average Bonchev–Trinajstić information content (AvgIpc) is 3.02. The highest BCUT2D eigenvalue weighted by Gasteiger charge is 2.34. The zero-order chi connectivity index (χ0) is 22.8. The molecule has 172 valence electrons. The molecule has 3 N–H and O–H groups in total. The van der Waals surface area contributed by atoms with Crippen LogP contribution in [0.25, 0.3) is 0 Å². The van der Waals surface area contributed by atoms with Crippen LogP contribution in [0.4, 0.5) is 5.69 Å². The lowest BCUT2D eigenvalue weighted by Gasteiger charge is -2.34. The van der Waals surface area contributed by atoms with Gasteiger partial charge in [0.05, 0.1) is 17.4 Å². The summed E-state index contributed by atoms with van der Waals surface area (Å²) in [5.74, 6) is -0.0509. The van der Waals surface area contributed by atoms with Crippen molar-refractivity contribution in [3.8, 4) is 0 Å². The first kappa shape index (κ1) is 23.7. The van der Waals surface area contributed by atoms with Gasteiger partial charge in [0, 0.05) is 24.3 Å². The van der Waals surface area contributed by atoms with Crippen LogP contribution in [0.1, 0.15) is 52.0 Å². The minimum atomic E-state index is -3.78. The smallest absolute Gasteiger partial charge is 0.241 e. The monoisotopic (exact) mass is 450 g/mol. The second-order valence-electron chi connectivity index (χ2n) is 8.92. The van der Waals surface area contributed by atoms with E-state index in [1.807, 2.05) is 13.8 Å². The number of amides is 2. The Morgan fingerprint density at radius 2 is 2.06 bits per heavy atom. The highest BCUT2D eigenvalue weighted by molar-refractivity contribution is 7.89. The number of piperidine rings is 1. The molecule has 3 atom stereocenters. The van der Waals surface area contributed by atoms with Gasteiger partial charge < -0.3 is 10.2 Å². The number of primary sulfonamides is 1. The standard InChI is InChI=1S/C22H34N4O4S/c1-4-6-15(2)24-22(28)17-7-5-10-25(13-17)14-21(27)26-16(3)11-18-12-19(31(23,29)30)8-9-20(18)26/h8-9,12,15-17H,4-7,10-11,13-14H2,1-3H3,(H,24,28)(H2,23,29,30). The van der Waals surface area contributed by atoms with Crippen molar-refractivity contribution in [2.75, 3.05) is 24.5 Å². The van der Waals surface area contributed by atoms with Crippen LogP contribution in [-0.4, -0.2) is 56.9 Å². The number of nitrogens with one attached hydrogen (secondary N) is 1. The zero-order valence-corrected chi connectivity index (χ0v) is 19.5. The summed E-state index contributed by atoms with van der Waals surface area (Å²) in [7, 11) is -3.78. The topological polar surface area (TPSA) is 113 Å². The molecule has 2 aliphatic heterocycles. The second-order valence-corrected chi connectivity index (χ2v) is 10.5. The van der Waals surface area contributed by atoms with E-state index in [1.165, 1.54) is 6.07 Å². The summed E-state index contributed by atoms with van der Waals surface area (Å²) in [5, 5.41) is 8.34. The molecule has 3 unspecified atom stereocenters. The lowest BCUT2D eigenvalue weighted by molar-refractivity contribution is -0.129. The number of nitrogens with zero attached hydrogens (tertiary/aromatic N) is 2. The Labute approximate surface area is 185 Å². The van der Waals surface area contributed by atoms with Gasteiger partial charge >= 0.3 is 0 Å². The summed E-state index contributed by atoms with van der Waals surface area (Å²) >= 11 is 0. The van der Waals surface area contributed by atoms with Crippen LogP contribution in [0.3, 0.4) is 0 Å². The van der Waals surface area contributed by atoms with Gasteiger partial charge in [0.15, 0.2) is 0 Å². The van der Waals surface area contributed by atoms with Crippen LogP contribution >= 0.6 is 0 Å². The van der Waals surface area contributed by atoms with Gasteiger partial charge in [0.2, 0.25) is 21.8 Å². The lowest BCUT2D eigenvalue weighted by atomic mass is 9.96. The fraction of sp³-hybridized carbons (Fsp3) is 0.636. The van der Waals surface area contributed by atoms with Crippen molar-refractivity contribution in [3.63, 3.8) is 0 Å². The molecule has 0 radical (unpaired) electrons. The molecule has 2 amide bonds. The van der Waals surface area contributed by atoms with Gasteiger partial charge in [0.25, 0.3) is 0 Å². The molecular weight excluding hydrogens is 416 g/mol. The average molecular weight is 451 g/mol. The normalized spacial score (nSPS) is 22.8. The van der Waals surface area contributed by atoms with Crippen molar-refractivity contribution >= 4 is 27.5 Å². The second kappa shape index (κ2) is 9.67. The van der Waals surface area contributed by atoms with Gasteiger partial charge in [0.1, 0.15) is 0 Å². The van der Waals surface area contributed by atoms with Crippen molar-refractivity contribution < 1.29 is 18.0 Å². The van der Waals surface area contributed by atoms with Crippen LogP contribution in [-0.2, 0) is 26.0 Å². The van der Waals surface area contributed by atoms with Gasteiger partial charge in [-0.15, -0.1) is 0 Å². The maximum atomic E-state index is 13.1. The van der Waals surface area contributed by atoms with Gasteiger partial charge in [-0.05, 0) is 69.8 Å². The summed E-state index contributed by atoms with van der Waals surface area (Å²) in [6.45, 7) is 7.70. The van der Waals surface area contributed by atoms with E-state index in [-0.39, 0.29) is 41.3 Å². The number of carbonyl (C=O) groups excluding carboxylic acids is 2. The molecule has 3 rings (SSSR count). The van der Waals surface area contributed by atoms with E-state index >= 15 is 0 Å². The summed E-state index contributed by atoms with van der Waals surface area (Å²) in [4.78, 5) is 29.6. The maximum absolute atomic E-state index is 13.1. The van der Waals surface area contributed by atoms with Crippen LogP contribution in [0, 0.1) is 5.92 Å². The minimum absolute atomic E-state index is 0.0324. The Balaban J connectivity index is 1.65. The number of hydrogen-bond acceptors (Lipinski definition) is 5. The lowest BCUT2D eigenvalue weighted by Crippen LogP contribution is -2.49. The largest absolute Gasteiger partial charge is 0.353 e. The van der Waals surface area contributed by atoms with Gasteiger partial charge in [-0.3, -0.25) is 14.5 Å². The third kappa shape index (κ3) is 5.64. The SMILES string of the molecule is CCCC(C)NC(=O)C1CCCN(CC(=O)N2c3ccc(S(N)(=O)=O)cc3CC2C)C1. The molecule has 0 bridgehead atoms. The van der Waals surface area contributed by atoms with E-state index in [0.29, 0.717) is 13.0 Å². The minimum Gasteiger partial charge on any atom is -0.353 e. The molecule has 0 aromatic heterocycles. The number of likely N-dealkylation sites (tertiary alicyclic amines) is 1. The third-order valence-electron chi connectivity index (χ3n) is 6.21. The first-order valence-electron chi connectivity index (χ1n) is 11.1. The van der Waals surface area contributed by atoms with E-state index < -0.39 is 10.0 Å². The molecule has 1 saturated heterocycles. The zero-order valence-electron chi connectivity index (χ0n) is 18.6. The van der Waals surface area contributed by atoms with Crippen LogP contribution in [0.5, 0.6) is 0 Å². The first-order chi connectivity index (χ1) is 14.6. The quantitative estimate of drug-likeness (QED) is 0.656. The molecular formula is C22H34N4O4S. The molecule has 0 saturated carbocycles. The van der Waals surface area contributed by atoms with Crippen molar-refractivity contribution in [1.29, 1.82) is 0 Å². The molecule has 2 aliphatic rings.